The molecule has 2 fully saturated rings. The van der Waals surface area contributed by atoms with Crippen LogP contribution in [0.2, 0.25) is 0 Å². The minimum atomic E-state index is -0.394. The number of hydrogen-bond acceptors (Lipinski definition) is 2. The fourth-order valence-corrected chi connectivity index (χ4v) is 2.74. The second kappa shape index (κ2) is 4.84. The normalized spacial score (nSPS) is 34.8. The number of nitrogens with one attached hydrogen (secondary N) is 1. The lowest BCUT2D eigenvalue weighted by atomic mass is 9.94. The zero-order chi connectivity index (χ0) is 10.7. The molecule has 2 atom stereocenters. The summed E-state index contributed by atoms with van der Waals surface area (Å²) in [6.07, 6.45) is 8.41. The van der Waals surface area contributed by atoms with Gasteiger partial charge in [-0.3, -0.25) is 0 Å². The molecule has 2 aliphatic rings. The van der Waals surface area contributed by atoms with Crippen LogP contribution in [-0.4, -0.2) is 23.8 Å². The fourth-order valence-electron chi connectivity index (χ4n) is 2.74. The Hall–Kier alpha value is -0.0800. The molecule has 0 saturated heterocycles. The monoisotopic (exact) mass is 211 g/mol. The molecule has 88 valence electrons. The Labute approximate surface area is 93.5 Å². The van der Waals surface area contributed by atoms with Crippen molar-refractivity contribution in [3.63, 3.8) is 0 Å². The van der Waals surface area contributed by atoms with Crippen LogP contribution in [0.5, 0.6) is 0 Å². The van der Waals surface area contributed by atoms with Crippen LogP contribution in [0.25, 0.3) is 0 Å². The van der Waals surface area contributed by atoms with E-state index in [0.29, 0.717) is 0 Å². The molecule has 2 heteroatoms. The second-order valence-electron chi connectivity index (χ2n) is 5.74. The summed E-state index contributed by atoms with van der Waals surface area (Å²) >= 11 is 0. The first-order valence-corrected chi connectivity index (χ1v) is 6.63. The Balaban J connectivity index is 1.66. The molecule has 2 nitrogen and oxygen atoms in total. The minimum Gasteiger partial charge on any atom is -0.389 e. The maximum atomic E-state index is 10.4. The summed E-state index contributed by atoms with van der Waals surface area (Å²) in [5, 5.41) is 13.9. The number of hydrogen-bond donors (Lipinski definition) is 2. The first kappa shape index (κ1) is 11.4. The second-order valence-corrected chi connectivity index (χ2v) is 5.74. The molecule has 0 bridgehead atoms. The summed E-state index contributed by atoms with van der Waals surface area (Å²) in [7, 11) is 0. The van der Waals surface area contributed by atoms with E-state index in [2.05, 4.69) is 12.2 Å². The molecule has 2 N–H and O–H groups in total. The molecule has 0 aliphatic heterocycles. The van der Waals surface area contributed by atoms with E-state index in [9.17, 15) is 5.11 Å². The molecule has 0 heterocycles. The van der Waals surface area contributed by atoms with Crippen LogP contribution in [0.4, 0.5) is 0 Å². The summed E-state index contributed by atoms with van der Waals surface area (Å²) in [6.45, 7) is 4.24. The van der Waals surface area contributed by atoms with Gasteiger partial charge in [-0.2, -0.15) is 0 Å². The van der Waals surface area contributed by atoms with Crippen molar-refractivity contribution in [2.45, 2.75) is 57.5 Å². The highest BCUT2D eigenvalue weighted by Crippen LogP contribution is 2.37. The molecule has 0 amide bonds. The van der Waals surface area contributed by atoms with Crippen molar-refractivity contribution < 1.29 is 5.11 Å². The van der Waals surface area contributed by atoms with Crippen molar-refractivity contribution in [1.82, 2.24) is 5.32 Å². The summed E-state index contributed by atoms with van der Waals surface area (Å²) < 4.78 is 0. The van der Waals surface area contributed by atoms with Gasteiger partial charge in [-0.25, -0.2) is 0 Å². The van der Waals surface area contributed by atoms with Crippen molar-refractivity contribution in [2.24, 2.45) is 11.8 Å². The van der Waals surface area contributed by atoms with Gasteiger partial charge < -0.3 is 10.4 Å². The van der Waals surface area contributed by atoms with E-state index in [1.54, 1.807) is 0 Å². The van der Waals surface area contributed by atoms with Gasteiger partial charge >= 0.3 is 0 Å². The van der Waals surface area contributed by atoms with Gasteiger partial charge in [-0.15, -0.1) is 0 Å². The standard InChI is InChI=1S/C13H25NO/c1-11-8-12(11)9-14-10-13(15)6-4-2-3-5-7-13/h11-12,14-15H,2-10H2,1H3. The third-order valence-electron chi connectivity index (χ3n) is 4.17. The summed E-state index contributed by atoms with van der Waals surface area (Å²) in [4.78, 5) is 0. The molecular formula is C13H25NO. The Bertz CT molecular complexity index is 197. The predicted molar refractivity (Wildman–Crippen MR) is 62.8 cm³/mol. The zero-order valence-electron chi connectivity index (χ0n) is 9.97. The van der Waals surface area contributed by atoms with Crippen molar-refractivity contribution >= 4 is 0 Å². The van der Waals surface area contributed by atoms with E-state index in [1.165, 1.54) is 32.1 Å². The molecule has 2 saturated carbocycles. The van der Waals surface area contributed by atoms with Crippen LogP contribution in [0.1, 0.15) is 51.9 Å². The Morgan fingerprint density at radius 2 is 1.80 bits per heavy atom. The number of aliphatic hydroxyl groups is 1. The van der Waals surface area contributed by atoms with Gasteiger partial charge in [0, 0.05) is 6.54 Å². The highest BCUT2D eigenvalue weighted by atomic mass is 16.3. The van der Waals surface area contributed by atoms with Gasteiger partial charge in [0.25, 0.3) is 0 Å². The van der Waals surface area contributed by atoms with Crippen LogP contribution >= 0.6 is 0 Å². The van der Waals surface area contributed by atoms with Gasteiger partial charge in [0.1, 0.15) is 0 Å². The zero-order valence-corrected chi connectivity index (χ0v) is 9.97. The molecule has 2 unspecified atom stereocenters. The van der Waals surface area contributed by atoms with E-state index in [0.717, 1.165) is 37.8 Å². The molecule has 0 aromatic heterocycles. The van der Waals surface area contributed by atoms with Gasteiger partial charge in [0.2, 0.25) is 0 Å². The molecule has 0 aromatic rings. The molecule has 0 radical (unpaired) electrons. The average Bonchev–Trinajstić information content (AvgIpc) is 2.92. The fraction of sp³-hybridized carbons (Fsp3) is 1.00. The lowest BCUT2D eigenvalue weighted by molar-refractivity contribution is 0.0252. The summed E-state index contributed by atoms with van der Waals surface area (Å²) in [6, 6.07) is 0. The maximum Gasteiger partial charge on any atom is 0.0771 e. The Morgan fingerprint density at radius 3 is 2.33 bits per heavy atom. The van der Waals surface area contributed by atoms with E-state index >= 15 is 0 Å². The van der Waals surface area contributed by atoms with Gasteiger partial charge in [-0.1, -0.05) is 32.6 Å². The topological polar surface area (TPSA) is 32.3 Å². The maximum absolute atomic E-state index is 10.4. The predicted octanol–water partition coefficient (Wildman–Crippen LogP) is 2.32. The minimum absolute atomic E-state index is 0.394. The molecule has 2 rings (SSSR count). The quantitative estimate of drug-likeness (QED) is 0.699. The number of rotatable bonds is 4. The average molecular weight is 211 g/mol. The Morgan fingerprint density at radius 1 is 1.20 bits per heavy atom. The van der Waals surface area contributed by atoms with Crippen molar-refractivity contribution in [2.75, 3.05) is 13.1 Å². The lowest BCUT2D eigenvalue weighted by Crippen LogP contribution is -2.40. The summed E-state index contributed by atoms with van der Waals surface area (Å²) in [5.41, 5.74) is -0.394. The largest absolute Gasteiger partial charge is 0.389 e. The van der Waals surface area contributed by atoms with Crippen molar-refractivity contribution in [1.29, 1.82) is 0 Å². The van der Waals surface area contributed by atoms with E-state index in [1.807, 2.05) is 0 Å². The molecule has 2 aliphatic carbocycles. The van der Waals surface area contributed by atoms with Crippen LogP contribution in [0, 0.1) is 11.8 Å². The van der Waals surface area contributed by atoms with Crippen molar-refractivity contribution in [3.8, 4) is 0 Å². The smallest absolute Gasteiger partial charge is 0.0771 e. The van der Waals surface area contributed by atoms with Gasteiger partial charge in [0.15, 0.2) is 0 Å². The summed E-state index contributed by atoms with van der Waals surface area (Å²) in [5.74, 6) is 1.81. The van der Waals surface area contributed by atoms with E-state index in [4.69, 9.17) is 0 Å². The van der Waals surface area contributed by atoms with E-state index < -0.39 is 5.60 Å². The van der Waals surface area contributed by atoms with Crippen LogP contribution in [0.15, 0.2) is 0 Å². The third-order valence-corrected chi connectivity index (χ3v) is 4.17. The highest BCUT2D eigenvalue weighted by molar-refractivity contribution is 4.87. The molecule has 15 heavy (non-hydrogen) atoms. The lowest BCUT2D eigenvalue weighted by Gasteiger charge is -2.27. The third kappa shape index (κ3) is 3.46. The SMILES string of the molecule is CC1CC1CNCC1(O)CCCCCC1. The molecular weight excluding hydrogens is 186 g/mol. The molecule has 0 aromatic carbocycles. The first-order chi connectivity index (χ1) is 7.20. The van der Waals surface area contributed by atoms with Gasteiger partial charge in [0.05, 0.1) is 5.60 Å². The Kier molecular flexibility index (Phi) is 3.68. The first-order valence-electron chi connectivity index (χ1n) is 6.63. The van der Waals surface area contributed by atoms with Crippen LogP contribution in [0.3, 0.4) is 0 Å². The van der Waals surface area contributed by atoms with Crippen LogP contribution < -0.4 is 5.32 Å². The highest BCUT2D eigenvalue weighted by Gasteiger charge is 2.33. The van der Waals surface area contributed by atoms with Gasteiger partial charge in [-0.05, 0) is 37.6 Å². The van der Waals surface area contributed by atoms with E-state index in [-0.39, 0.29) is 0 Å². The van der Waals surface area contributed by atoms with Crippen molar-refractivity contribution in [3.05, 3.63) is 0 Å². The van der Waals surface area contributed by atoms with Crippen LogP contribution in [-0.2, 0) is 0 Å². The molecule has 0 spiro atoms.